The van der Waals surface area contributed by atoms with Crippen LogP contribution in [0.5, 0.6) is 17.6 Å². The van der Waals surface area contributed by atoms with E-state index >= 15 is 0 Å². The Hall–Kier alpha value is -6.91. The molecule has 6 rings (SSSR count). The molecule has 40 heteroatoms. The molecule has 0 aromatic carbocycles. The van der Waals surface area contributed by atoms with Crippen LogP contribution in [-0.2, 0) is 56.8 Å². The molecule has 644 valence electrons. The second kappa shape index (κ2) is 55.6. The molecular formula is C73H128N16O24. The second-order valence-electron chi connectivity index (χ2n) is 27.4. The normalized spacial score (nSPS) is 23.7. The van der Waals surface area contributed by atoms with Crippen LogP contribution < -0.4 is 67.8 Å². The summed E-state index contributed by atoms with van der Waals surface area (Å²) in [6.45, 7) is 12.0. The number of carbonyl (C=O) groups is 3. The summed E-state index contributed by atoms with van der Waals surface area (Å²) in [6, 6.07) is 1.71. The van der Waals surface area contributed by atoms with Gasteiger partial charge in [-0.05, 0) is 57.8 Å². The number of nitrogens with zero attached hydrogens (tertiary/aromatic N) is 6. The number of carbonyl (C=O) groups excluding carboxylic acids is 3. The van der Waals surface area contributed by atoms with Gasteiger partial charge < -0.3 is 155 Å². The van der Waals surface area contributed by atoms with Crippen LogP contribution in [0.3, 0.4) is 0 Å². The summed E-state index contributed by atoms with van der Waals surface area (Å²) in [4.78, 5) is 64.2. The lowest BCUT2D eigenvalue weighted by Gasteiger charge is -2.43. The van der Waals surface area contributed by atoms with Crippen LogP contribution in [0, 0.1) is 0 Å². The highest BCUT2D eigenvalue weighted by Crippen LogP contribution is 2.31. The van der Waals surface area contributed by atoms with Gasteiger partial charge in [0.1, 0.15) is 74.8 Å². The van der Waals surface area contributed by atoms with Crippen LogP contribution in [0.4, 0.5) is 32.2 Å². The molecule has 6 amide bonds. The molecule has 0 unspecified atom stereocenters. The van der Waals surface area contributed by atoms with Crippen molar-refractivity contribution >= 4 is 35.9 Å². The molecule has 3 saturated heterocycles. The number of aliphatic hydroxyl groups is 6. The van der Waals surface area contributed by atoms with Crippen molar-refractivity contribution in [3.63, 3.8) is 0 Å². The molecule has 3 aliphatic rings. The van der Waals surface area contributed by atoms with Crippen molar-refractivity contribution in [1.82, 2.24) is 61.8 Å². The highest BCUT2D eigenvalue weighted by Gasteiger charge is 2.47. The minimum absolute atomic E-state index is 0.144. The Bertz CT molecular complexity index is 2730. The van der Waals surface area contributed by atoms with Crippen LogP contribution in [0.2, 0.25) is 0 Å². The van der Waals surface area contributed by atoms with Crippen molar-refractivity contribution < 1.29 is 116 Å². The molecule has 3 aliphatic heterocycles. The largest absolute Gasteiger partial charge is 0.475 e. The zero-order chi connectivity index (χ0) is 81.3. The molecule has 6 heterocycles. The van der Waals surface area contributed by atoms with Crippen molar-refractivity contribution in [2.24, 2.45) is 5.73 Å². The van der Waals surface area contributed by atoms with Gasteiger partial charge in [-0.2, -0.15) is 15.0 Å². The predicted molar refractivity (Wildman–Crippen MR) is 411 cm³/mol. The Morgan fingerprint density at radius 3 is 0.903 bits per heavy atom. The fourth-order valence-electron chi connectivity index (χ4n) is 12.9. The number of urea groups is 3. The average Bonchev–Trinajstić information content (AvgIpc) is 0.812. The molecule has 0 spiro atoms. The molecule has 0 radical (unpaired) electrons. The Kier molecular flexibility index (Phi) is 46.7. The first-order valence-electron chi connectivity index (χ1n) is 39.4. The number of anilines is 3. The summed E-state index contributed by atoms with van der Waals surface area (Å²) in [7, 11) is 4.53. The van der Waals surface area contributed by atoms with Crippen LogP contribution in [-0.4, -0.2) is 355 Å². The van der Waals surface area contributed by atoms with E-state index in [2.05, 4.69) is 77.8 Å². The number of rotatable bonds is 60. The fraction of sp³-hybridized carbons (Fsp3) is 0.795. The van der Waals surface area contributed by atoms with Gasteiger partial charge in [0.15, 0.2) is 0 Å². The molecular weight excluding hydrogens is 1480 g/mol. The van der Waals surface area contributed by atoms with E-state index in [0.29, 0.717) is 77.4 Å². The number of nitrogens with one attached hydrogen (secondary N) is 9. The molecule has 0 bridgehead atoms. The number of amides is 6. The first kappa shape index (κ1) is 94.9. The van der Waals surface area contributed by atoms with Gasteiger partial charge in [-0.15, -0.1) is 0 Å². The van der Waals surface area contributed by atoms with E-state index in [1.165, 1.54) is 39.9 Å². The third-order valence-electron chi connectivity index (χ3n) is 18.6. The van der Waals surface area contributed by atoms with Gasteiger partial charge in [0.2, 0.25) is 35.5 Å². The molecule has 3 aromatic heterocycles. The number of hydrogen-bond acceptors (Lipinski definition) is 34. The van der Waals surface area contributed by atoms with Crippen molar-refractivity contribution in [3.05, 3.63) is 36.8 Å². The minimum Gasteiger partial charge on any atom is -0.475 e. The van der Waals surface area contributed by atoms with Gasteiger partial charge in [0, 0.05) is 103 Å². The van der Waals surface area contributed by atoms with Gasteiger partial charge >= 0.3 is 18.1 Å². The molecule has 0 aliphatic carbocycles. The number of ether oxygens (including phenoxy) is 15. The molecule has 113 heavy (non-hydrogen) atoms. The first-order valence-corrected chi connectivity index (χ1v) is 39.4. The lowest BCUT2D eigenvalue weighted by Crippen LogP contribution is -2.61. The van der Waals surface area contributed by atoms with Gasteiger partial charge in [-0.25, -0.2) is 29.3 Å². The SMILES string of the molecule is CCC[C@H]1O[C@H](COC)[C@H](O)[C@H](O)[C@H]1Nc1nccc(OCCOCCOCCNC(=O)NCCCC(N)(CCCNC(=O)NCCOCCOCCOc2ccnc(N[C@@H]3[C@@H](O)[C@@H](O)[C@@H](COC)O[C@@H]3CCC)n2)CCCNC(=O)NCCOCCOCCOc2ccnc(N[C@@H]3[C@@H](O)[C@@H](O)[C@@H](COC)O[C@@H]3CCC)n2)n1. The summed E-state index contributed by atoms with van der Waals surface area (Å²) in [6.07, 6.45) is 2.01. The summed E-state index contributed by atoms with van der Waals surface area (Å²) in [5.41, 5.74) is 6.36. The zero-order valence-electron chi connectivity index (χ0n) is 66.4. The number of hydrogen-bond donors (Lipinski definition) is 16. The second-order valence-corrected chi connectivity index (χ2v) is 27.4. The summed E-state index contributed by atoms with van der Waals surface area (Å²) in [5, 5.41) is 91.2. The molecule has 0 saturated carbocycles. The maximum Gasteiger partial charge on any atom is 0.314 e. The standard InChI is InChI=1S/C73H128N16O24/c1-7-13-49-58(64(93)61(90)52(111-49)46-99-4)87-67-75-25-16-55(84-67)108-43-40-105-37-34-102-31-28-81-70(96)78-22-10-19-73(74,20-11-23-79-71(97)82-29-32-103-35-38-106-41-44-109-56-17-26-76-68(85-56)88-59-50(14-8-2)112-53(47-100-5)62(91)65(59)94)21-12-24-80-72(98)83-30-33-104-36-39-107-42-45-110-57-18-27-77-69(86-57)89-60-51(15-9-3)113-54(48-101-6)63(92)66(60)95/h16-18,25-27,49-54,58-66,90-95H,7-15,19-24,28-48,74H2,1-6H3,(H,75,84,87)(H,76,85,88)(H,77,86,89)(H2,78,81,96)(H2,79,82,97)(H2,80,83,98)/t49-,50-,51-,52-,53-,54-,58+,59+,60+,61+,62+,63+,64-,65-,66-/m1/s1. The number of methoxy groups -OCH3 is 3. The summed E-state index contributed by atoms with van der Waals surface area (Å²) >= 11 is 0. The fourth-order valence-corrected chi connectivity index (χ4v) is 12.9. The lowest BCUT2D eigenvalue weighted by molar-refractivity contribution is -0.189. The predicted octanol–water partition coefficient (Wildman–Crippen LogP) is -0.223. The minimum atomic E-state index is -1.16. The van der Waals surface area contributed by atoms with Gasteiger partial charge in [0.25, 0.3) is 0 Å². The Morgan fingerprint density at radius 2 is 0.637 bits per heavy atom. The van der Waals surface area contributed by atoms with Crippen LogP contribution >= 0.6 is 0 Å². The van der Waals surface area contributed by atoms with Crippen LogP contribution in [0.25, 0.3) is 0 Å². The molecule has 40 nitrogen and oxygen atoms in total. The monoisotopic (exact) mass is 1610 g/mol. The summed E-state index contributed by atoms with van der Waals surface area (Å²) < 4.78 is 84.8. The quantitative estimate of drug-likeness (QED) is 0.0325. The maximum absolute atomic E-state index is 12.7. The van der Waals surface area contributed by atoms with Crippen molar-refractivity contribution in [3.8, 4) is 17.6 Å². The molecule has 3 fully saturated rings. The summed E-state index contributed by atoms with van der Waals surface area (Å²) in [5.74, 6) is 1.49. The highest BCUT2D eigenvalue weighted by atomic mass is 16.6. The van der Waals surface area contributed by atoms with Crippen LogP contribution in [0.1, 0.15) is 97.8 Å². The van der Waals surface area contributed by atoms with E-state index in [1.807, 2.05) is 20.8 Å². The first-order chi connectivity index (χ1) is 54.9. The third-order valence-corrected chi connectivity index (χ3v) is 18.6. The number of aromatic nitrogens is 6. The average molecular weight is 1610 g/mol. The van der Waals surface area contributed by atoms with E-state index in [-0.39, 0.29) is 192 Å². The highest BCUT2D eigenvalue weighted by molar-refractivity contribution is 5.74. The Labute approximate surface area is 661 Å². The van der Waals surface area contributed by atoms with Gasteiger partial charge in [-0.3, -0.25) is 0 Å². The smallest absolute Gasteiger partial charge is 0.314 e. The van der Waals surface area contributed by atoms with Gasteiger partial charge in [0.05, 0.1) is 136 Å². The molecule has 17 N–H and O–H groups in total. The van der Waals surface area contributed by atoms with E-state index in [1.54, 1.807) is 18.2 Å². The third kappa shape index (κ3) is 36.0. The topological polar surface area (TPSA) is 523 Å². The number of nitrogens with two attached hydrogens (primary N) is 1. The zero-order valence-corrected chi connectivity index (χ0v) is 66.4. The van der Waals surface area contributed by atoms with Crippen molar-refractivity contribution in [1.29, 1.82) is 0 Å². The van der Waals surface area contributed by atoms with Crippen molar-refractivity contribution in [2.45, 2.75) is 195 Å². The number of aliphatic hydroxyl groups excluding tert-OH is 6. The maximum atomic E-state index is 12.7. The van der Waals surface area contributed by atoms with E-state index in [0.717, 1.165) is 19.3 Å². The van der Waals surface area contributed by atoms with E-state index in [9.17, 15) is 45.0 Å². The Morgan fingerprint density at radius 1 is 0.381 bits per heavy atom. The van der Waals surface area contributed by atoms with Gasteiger partial charge in [-0.1, -0.05) is 40.0 Å². The lowest BCUT2D eigenvalue weighted by atomic mass is 9.85. The van der Waals surface area contributed by atoms with E-state index in [4.69, 9.17) is 76.8 Å². The molecule has 3 aromatic rings. The van der Waals surface area contributed by atoms with E-state index < -0.39 is 96.9 Å². The Balaban J connectivity index is 0.819. The van der Waals surface area contributed by atoms with Crippen LogP contribution in [0.15, 0.2) is 36.8 Å². The molecule has 15 atom stereocenters. The van der Waals surface area contributed by atoms with Crippen molar-refractivity contribution in [2.75, 3.05) is 195 Å².